The molecule has 2 N–H and O–H groups in total. The van der Waals surface area contributed by atoms with Crippen molar-refractivity contribution in [2.45, 2.75) is 13.5 Å². The van der Waals surface area contributed by atoms with Gasteiger partial charge in [0.25, 0.3) is 0 Å². The predicted molar refractivity (Wildman–Crippen MR) is 68.2 cm³/mol. The van der Waals surface area contributed by atoms with E-state index in [0.29, 0.717) is 18.2 Å². The normalized spacial score (nSPS) is 14.6. The van der Waals surface area contributed by atoms with Crippen molar-refractivity contribution in [2.24, 2.45) is 11.7 Å². The number of thiocarbonyl (C=S) groups is 1. The van der Waals surface area contributed by atoms with E-state index in [1.54, 1.807) is 0 Å². The van der Waals surface area contributed by atoms with Crippen LogP contribution in [0.15, 0.2) is 18.2 Å². The molecule has 1 atom stereocenters. The van der Waals surface area contributed by atoms with Gasteiger partial charge in [0.05, 0.1) is 18.2 Å². The van der Waals surface area contributed by atoms with E-state index in [0.717, 1.165) is 17.1 Å². The summed E-state index contributed by atoms with van der Waals surface area (Å²) in [5, 5.41) is 0. The number of fused-ring (bicyclic) bond motifs is 1. The highest BCUT2D eigenvalue weighted by molar-refractivity contribution is 7.80. The number of benzene rings is 1. The summed E-state index contributed by atoms with van der Waals surface area (Å²) in [5.74, 6) is 1.65. The van der Waals surface area contributed by atoms with Crippen LogP contribution >= 0.6 is 12.2 Å². The Hall–Kier alpha value is -1.33. The Morgan fingerprint density at radius 3 is 3.00 bits per heavy atom. The maximum Gasteiger partial charge on any atom is 0.231 e. The lowest BCUT2D eigenvalue weighted by molar-refractivity contribution is 0.108. The monoisotopic (exact) mass is 253 g/mol. The first-order valence-electron chi connectivity index (χ1n) is 5.42. The minimum atomic E-state index is 0.0963. The van der Waals surface area contributed by atoms with Crippen molar-refractivity contribution in [1.82, 2.24) is 0 Å². The van der Waals surface area contributed by atoms with Crippen LogP contribution in [0.5, 0.6) is 11.5 Å². The molecule has 2 rings (SSSR count). The van der Waals surface area contributed by atoms with Gasteiger partial charge in [-0.3, -0.25) is 0 Å². The third-order valence-electron chi connectivity index (χ3n) is 2.56. The highest BCUT2D eigenvalue weighted by atomic mass is 32.1. The van der Waals surface area contributed by atoms with Crippen LogP contribution in [0.2, 0.25) is 0 Å². The van der Waals surface area contributed by atoms with Crippen LogP contribution in [0.3, 0.4) is 0 Å². The smallest absolute Gasteiger partial charge is 0.231 e. The Labute approximate surface area is 106 Å². The fraction of sp³-hybridized carbons (Fsp3) is 0.417. The summed E-state index contributed by atoms with van der Waals surface area (Å²) in [5.41, 5.74) is 6.55. The van der Waals surface area contributed by atoms with Crippen molar-refractivity contribution < 1.29 is 14.2 Å². The number of hydrogen-bond donors (Lipinski definition) is 1. The second-order valence-electron chi connectivity index (χ2n) is 4.01. The molecule has 1 aliphatic rings. The molecule has 0 aliphatic carbocycles. The van der Waals surface area contributed by atoms with Gasteiger partial charge >= 0.3 is 0 Å². The van der Waals surface area contributed by atoms with Crippen LogP contribution in [-0.2, 0) is 11.3 Å². The summed E-state index contributed by atoms with van der Waals surface area (Å²) in [6.45, 7) is 3.29. The van der Waals surface area contributed by atoms with Gasteiger partial charge in [0, 0.05) is 5.92 Å². The van der Waals surface area contributed by atoms with E-state index in [1.165, 1.54) is 0 Å². The van der Waals surface area contributed by atoms with Crippen molar-refractivity contribution in [3.05, 3.63) is 23.8 Å². The molecule has 1 heterocycles. The Morgan fingerprint density at radius 2 is 2.24 bits per heavy atom. The first kappa shape index (κ1) is 12.1. The average Bonchev–Trinajstić information content (AvgIpc) is 2.75. The third kappa shape index (κ3) is 3.08. The van der Waals surface area contributed by atoms with Crippen LogP contribution in [0.4, 0.5) is 0 Å². The zero-order valence-electron chi connectivity index (χ0n) is 9.64. The standard InChI is InChI=1S/C12H15NO3S/c1-8(12(13)17)5-14-6-9-2-3-10-11(4-9)16-7-15-10/h2-4,8H,5-7H2,1H3,(H2,13,17). The Bertz CT molecular complexity index is 422. The molecule has 0 radical (unpaired) electrons. The highest BCUT2D eigenvalue weighted by Crippen LogP contribution is 2.32. The van der Waals surface area contributed by atoms with Crippen LogP contribution < -0.4 is 15.2 Å². The molecule has 0 amide bonds. The van der Waals surface area contributed by atoms with E-state index >= 15 is 0 Å². The third-order valence-corrected chi connectivity index (χ3v) is 2.96. The first-order valence-corrected chi connectivity index (χ1v) is 5.83. The molecule has 0 spiro atoms. The van der Waals surface area contributed by atoms with E-state index in [4.69, 9.17) is 32.2 Å². The molecule has 0 saturated carbocycles. The van der Waals surface area contributed by atoms with Gasteiger partial charge in [-0.05, 0) is 17.7 Å². The second kappa shape index (κ2) is 5.33. The van der Waals surface area contributed by atoms with Gasteiger partial charge in [-0.2, -0.15) is 0 Å². The predicted octanol–water partition coefficient (Wildman–Crippen LogP) is 1.85. The van der Waals surface area contributed by atoms with Crippen molar-refractivity contribution in [1.29, 1.82) is 0 Å². The molecule has 0 saturated heterocycles. The summed E-state index contributed by atoms with van der Waals surface area (Å²) >= 11 is 4.87. The molecule has 0 bridgehead atoms. The maximum atomic E-state index is 5.54. The van der Waals surface area contributed by atoms with E-state index < -0.39 is 0 Å². The fourth-order valence-corrected chi connectivity index (χ4v) is 1.53. The summed E-state index contributed by atoms with van der Waals surface area (Å²) in [6.07, 6.45) is 0. The van der Waals surface area contributed by atoms with Crippen LogP contribution in [0.25, 0.3) is 0 Å². The minimum Gasteiger partial charge on any atom is -0.454 e. The number of nitrogens with two attached hydrogens (primary N) is 1. The van der Waals surface area contributed by atoms with E-state index in [2.05, 4.69) is 0 Å². The highest BCUT2D eigenvalue weighted by Gasteiger charge is 2.13. The lowest BCUT2D eigenvalue weighted by Gasteiger charge is -2.10. The molecule has 17 heavy (non-hydrogen) atoms. The zero-order chi connectivity index (χ0) is 12.3. The van der Waals surface area contributed by atoms with Crippen LogP contribution in [0.1, 0.15) is 12.5 Å². The lowest BCUT2D eigenvalue weighted by atomic mass is 10.2. The van der Waals surface area contributed by atoms with E-state index in [9.17, 15) is 0 Å². The van der Waals surface area contributed by atoms with Gasteiger partial charge in [0.2, 0.25) is 6.79 Å². The van der Waals surface area contributed by atoms with Gasteiger partial charge in [-0.1, -0.05) is 25.2 Å². The Kier molecular flexibility index (Phi) is 3.81. The average molecular weight is 253 g/mol. The molecule has 1 aliphatic heterocycles. The molecule has 0 fully saturated rings. The van der Waals surface area contributed by atoms with Gasteiger partial charge in [-0.15, -0.1) is 0 Å². The minimum absolute atomic E-state index is 0.0963. The summed E-state index contributed by atoms with van der Waals surface area (Å²) < 4.78 is 16.1. The Morgan fingerprint density at radius 1 is 1.47 bits per heavy atom. The lowest BCUT2D eigenvalue weighted by Crippen LogP contribution is -2.22. The largest absolute Gasteiger partial charge is 0.454 e. The van der Waals surface area contributed by atoms with Crippen molar-refractivity contribution in [3.63, 3.8) is 0 Å². The van der Waals surface area contributed by atoms with Crippen LogP contribution in [-0.4, -0.2) is 18.4 Å². The summed E-state index contributed by atoms with van der Waals surface area (Å²) in [7, 11) is 0. The topological polar surface area (TPSA) is 53.7 Å². The fourth-order valence-electron chi connectivity index (χ4n) is 1.47. The zero-order valence-corrected chi connectivity index (χ0v) is 10.5. The van der Waals surface area contributed by atoms with Gasteiger partial charge < -0.3 is 19.9 Å². The second-order valence-corrected chi connectivity index (χ2v) is 4.48. The number of ether oxygens (including phenoxy) is 3. The molecule has 92 valence electrons. The number of rotatable bonds is 5. The van der Waals surface area contributed by atoms with Gasteiger partial charge in [0.15, 0.2) is 11.5 Å². The van der Waals surface area contributed by atoms with Crippen molar-refractivity contribution in [3.8, 4) is 11.5 Å². The SMILES string of the molecule is CC(COCc1ccc2c(c1)OCO2)C(N)=S. The Balaban J connectivity index is 1.85. The molecule has 1 unspecified atom stereocenters. The van der Waals surface area contributed by atoms with E-state index in [1.807, 2.05) is 25.1 Å². The molecule has 1 aromatic carbocycles. The molecular weight excluding hydrogens is 238 g/mol. The van der Waals surface area contributed by atoms with Crippen LogP contribution in [0, 0.1) is 5.92 Å². The summed E-state index contributed by atoms with van der Waals surface area (Å²) in [4.78, 5) is 0.482. The van der Waals surface area contributed by atoms with Crippen molar-refractivity contribution in [2.75, 3.05) is 13.4 Å². The van der Waals surface area contributed by atoms with Gasteiger partial charge in [0.1, 0.15) is 0 Å². The van der Waals surface area contributed by atoms with Crippen molar-refractivity contribution >= 4 is 17.2 Å². The number of hydrogen-bond acceptors (Lipinski definition) is 4. The molecular formula is C12H15NO3S. The maximum absolute atomic E-state index is 5.54. The quantitative estimate of drug-likeness (QED) is 0.812. The first-order chi connectivity index (χ1) is 8.16. The molecule has 1 aromatic rings. The van der Waals surface area contributed by atoms with E-state index in [-0.39, 0.29) is 12.7 Å². The molecule has 4 nitrogen and oxygen atoms in total. The van der Waals surface area contributed by atoms with Gasteiger partial charge in [-0.25, -0.2) is 0 Å². The summed E-state index contributed by atoms with van der Waals surface area (Å²) in [6, 6.07) is 5.77. The molecule has 0 aromatic heterocycles. The molecule has 5 heteroatoms.